The van der Waals surface area contributed by atoms with Crippen molar-refractivity contribution >= 4 is 0 Å². The van der Waals surface area contributed by atoms with Crippen molar-refractivity contribution < 1.29 is 9.94 Å². The van der Waals surface area contributed by atoms with Crippen molar-refractivity contribution in [2.75, 3.05) is 6.61 Å². The van der Waals surface area contributed by atoms with Crippen molar-refractivity contribution in [1.29, 1.82) is 0 Å². The van der Waals surface area contributed by atoms with Crippen LogP contribution in [0, 0.1) is 0 Å². The summed E-state index contributed by atoms with van der Waals surface area (Å²) < 4.78 is 5.33. The molecule has 1 aromatic rings. The van der Waals surface area contributed by atoms with Gasteiger partial charge in [-0.15, -0.1) is 0 Å². The van der Waals surface area contributed by atoms with Gasteiger partial charge < -0.3 is 9.94 Å². The van der Waals surface area contributed by atoms with Crippen molar-refractivity contribution in [3.63, 3.8) is 0 Å². The van der Waals surface area contributed by atoms with Gasteiger partial charge in [-0.25, -0.2) is 0 Å². The number of nitrogens with zero attached hydrogens (tertiary/aromatic N) is 1. The minimum atomic E-state index is -0.344. The van der Waals surface area contributed by atoms with Gasteiger partial charge in [0.2, 0.25) is 0 Å². The molecule has 1 fully saturated rings. The molecule has 0 spiro atoms. The molecule has 1 aromatic carbocycles. The summed E-state index contributed by atoms with van der Waals surface area (Å²) in [5.41, 5.74) is 2.96. The third kappa shape index (κ3) is 1.39. The fourth-order valence-corrected chi connectivity index (χ4v) is 2.97. The van der Waals surface area contributed by atoms with Gasteiger partial charge in [-0.05, 0) is 44.4 Å². The summed E-state index contributed by atoms with van der Waals surface area (Å²) in [7, 11) is 0. The summed E-state index contributed by atoms with van der Waals surface area (Å²) in [6.07, 6.45) is 0.270. The largest absolute Gasteiger partial charge is 0.368 e. The summed E-state index contributed by atoms with van der Waals surface area (Å²) in [6, 6.07) is 6.43. The number of epoxide rings is 1. The second-order valence-corrected chi connectivity index (χ2v) is 6.06. The van der Waals surface area contributed by atoms with Crippen LogP contribution in [0.15, 0.2) is 18.2 Å². The molecule has 2 aliphatic rings. The maximum Gasteiger partial charge on any atom is 0.106 e. The molecule has 0 saturated carbocycles. The van der Waals surface area contributed by atoms with E-state index in [0.717, 1.165) is 6.61 Å². The van der Waals surface area contributed by atoms with Crippen LogP contribution < -0.4 is 0 Å². The monoisotopic (exact) mass is 233 g/mol. The van der Waals surface area contributed by atoms with Crippen LogP contribution in [0.1, 0.15) is 50.5 Å². The highest BCUT2D eigenvalue weighted by atomic mass is 16.6. The van der Waals surface area contributed by atoms with E-state index < -0.39 is 0 Å². The summed E-state index contributed by atoms with van der Waals surface area (Å²) in [6.45, 7) is 9.03. The Hall–Kier alpha value is -0.900. The van der Waals surface area contributed by atoms with Gasteiger partial charge in [0.05, 0.1) is 17.7 Å². The zero-order valence-corrected chi connectivity index (χ0v) is 10.8. The van der Waals surface area contributed by atoms with E-state index >= 15 is 0 Å². The lowest BCUT2D eigenvalue weighted by Gasteiger charge is -2.34. The predicted molar refractivity (Wildman–Crippen MR) is 64.8 cm³/mol. The van der Waals surface area contributed by atoms with Crippen molar-refractivity contribution in [3.8, 4) is 0 Å². The Kier molecular flexibility index (Phi) is 2.05. The molecule has 0 amide bonds. The Labute approximate surface area is 102 Å². The van der Waals surface area contributed by atoms with Gasteiger partial charge in [-0.2, -0.15) is 5.06 Å². The molecule has 1 atom stereocenters. The molecular formula is C14H19NO2. The Bertz CT molecular complexity index is 475. The summed E-state index contributed by atoms with van der Waals surface area (Å²) in [5, 5.41) is 11.8. The molecule has 1 unspecified atom stereocenters. The molecule has 0 radical (unpaired) electrons. The maximum atomic E-state index is 10.4. The van der Waals surface area contributed by atoms with Gasteiger partial charge in [-0.1, -0.05) is 18.2 Å². The van der Waals surface area contributed by atoms with Crippen LogP contribution in [-0.2, 0) is 15.8 Å². The standard InChI is InChI=1S/C14H19NO2/c1-13(2)10-6-5-9(12-8-17-12)7-11(10)14(3,4)15(13)16/h5-7,12,16H,8H2,1-4H3. The average molecular weight is 233 g/mol. The second kappa shape index (κ2) is 3.10. The van der Waals surface area contributed by atoms with E-state index in [4.69, 9.17) is 4.74 Å². The third-order valence-corrected chi connectivity index (χ3v) is 4.13. The van der Waals surface area contributed by atoms with Crippen LogP contribution in [0.25, 0.3) is 0 Å². The number of rotatable bonds is 1. The molecule has 3 rings (SSSR count). The van der Waals surface area contributed by atoms with E-state index in [0.29, 0.717) is 0 Å². The molecule has 0 bridgehead atoms. The number of benzene rings is 1. The normalized spacial score (nSPS) is 29.1. The molecule has 0 aliphatic carbocycles. The Morgan fingerprint density at radius 2 is 1.76 bits per heavy atom. The lowest BCUT2D eigenvalue weighted by Crippen LogP contribution is -2.42. The molecular weight excluding hydrogens is 214 g/mol. The molecule has 92 valence electrons. The summed E-state index contributed by atoms with van der Waals surface area (Å²) in [4.78, 5) is 0. The molecule has 17 heavy (non-hydrogen) atoms. The van der Waals surface area contributed by atoms with Crippen LogP contribution >= 0.6 is 0 Å². The Morgan fingerprint density at radius 3 is 2.35 bits per heavy atom. The van der Waals surface area contributed by atoms with Gasteiger partial charge in [0.25, 0.3) is 0 Å². The highest BCUT2D eigenvalue weighted by Crippen LogP contribution is 2.49. The van der Waals surface area contributed by atoms with Gasteiger partial charge >= 0.3 is 0 Å². The smallest absolute Gasteiger partial charge is 0.106 e. The number of hydrogen-bond acceptors (Lipinski definition) is 3. The number of hydrogen-bond donors (Lipinski definition) is 1. The fourth-order valence-electron chi connectivity index (χ4n) is 2.97. The van der Waals surface area contributed by atoms with E-state index in [2.05, 4.69) is 32.0 Å². The van der Waals surface area contributed by atoms with Gasteiger partial charge in [0.1, 0.15) is 6.10 Å². The van der Waals surface area contributed by atoms with Crippen LogP contribution in [0.5, 0.6) is 0 Å². The minimum absolute atomic E-state index is 0.270. The zero-order chi connectivity index (χ0) is 12.4. The number of hydroxylamine groups is 2. The van der Waals surface area contributed by atoms with Crippen molar-refractivity contribution in [2.24, 2.45) is 0 Å². The first-order valence-electron chi connectivity index (χ1n) is 6.11. The molecule has 0 aromatic heterocycles. The fraction of sp³-hybridized carbons (Fsp3) is 0.571. The van der Waals surface area contributed by atoms with E-state index in [1.807, 2.05) is 13.8 Å². The van der Waals surface area contributed by atoms with E-state index in [1.165, 1.54) is 21.8 Å². The maximum absolute atomic E-state index is 10.4. The average Bonchev–Trinajstić information content (AvgIpc) is 3.08. The third-order valence-electron chi connectivity index (χ3n) is 4.13. The van der Waals surface area contributed by atoms with Crippen LogP contribution in [0.2, 0.25) is 0 Å². The second-order valence-electron chi connectivity index (χ2n) is 6.06. The van der Waals surface area contributed by atoms with Gasteiger partial charge in [0.15, 0.2) is 0 Å². The van der Waals surface area contributed by atoms with Crippen LogP contribution in [0.4, 0.5) is 0 Å². The molecule has 3 nitrogen and oxygen atoms in total. The number of ether oxygens (including phenoxy) is 1. The summed E-state index contributed by atoms with van der Waals surface area (Å²) >= 11 is 0. The first-order chi connectivity index (χ1) is 7.85. The van der Waals surface area contributed by atoms with Crippen molar-refractivity contribution in [1.82, 2.24) is 5.06 Å². The molecule has 2 aliphatic heterocycles. The van der Waals surface area contributed by atoms with E-state index in [-0.39, 0.29) is 17.2 Å². The number of fused-ring (bicyclic) bond motifs is 1. The molecule has 3 heteroatoms. The molecule has 1 N–H and O–H groups in total. The zero-order valence-electron chi connectivity index (χ0n) is 10.8. The van der Waals surface area contributed by atoms with Crippen LogP contribution in [0.3, 0.4) is 0 Å². The molecule has 1 saturated heterocycles. The summed E-state index contributed by atoms with van der Waals surface area (Å²) in [5.74, 6) is 0. The van der Waals surface area contributed by atoms with E-state index in [9.17, 15) is 5.21 Å². The van der Waals surface area contributed by atoms with Crippen molar-refractivity contribution in [3.05, 3.63) is 34.9 Å². The Morgan fingerprint density at radius 1 is 1.18 bits per heavy atom. The highest BCUT2D eigenvalue weighted by molar-refractivity contribution is 5.45. The first-order valence-corrected chi connectivity index (χ1v) is 6.11. The Balaban J connectivity index is 2.17. The predicted octanol–water partition coefficient (Wildman–Crippen LogP) is 2.93. The van der Waals surface area contributed by atoms with Gasteiger partial charge in [0, 0.05) is 0 Å². The molecule has 2 heterocycles. The SMILES string of the molecule is CC1(C)c2ccc(C3CO3)cc2C(C)(C)N1O. The lowest BCUT2D eigenvalue weighted by molar-refractivity contribution is -0.216. The van der Waals surface area contributed by atoms with Crippen molar-refractivity contribution in [2.45, 2.75) is 44.9 Å². The topological polar surface area (TPSA) is 36.0 Å². The quantitative estimate of drug-likeness (QED) is 0.758. The van der Waals surface area contributed by atoms with E-state index in [1.54, 1.807) is 0 Å². The lowest BCUT2D eigenvalue weighted by atomic mass is 9.89. The van der Waals surface area contributed by atoms with Gasteiger partial charge in [-0.3, -0.25) is 0 Å². The van der Waals surface area contributed by atoms with Crippen LogP contribution in [-0.4, -0.2) is 16.9 Å². The minimum Gasteiger partial charge on any atom is -0.368 e. The highest BCUT2D eigenvalue weighted by Gasteiger charge is 2.49. The first kappa shape index (κ1) is 11.2.